The molecule has 0 bridgehead atoms. The zero-order valence-corrected chi connectivity index (χ0v) is 15.7. The summed E-state index contributed by atoms with van der Waals surface area (Å²) in [6.45, 7) is 4.52. The fourth-order valence-electron chi connectivity index (χ4n) is 2.78. The third-order valence-electron chi connectivity index (χ3n) is 4.31. The quantitative estimate of drug-likeness (QED) is 0.682. The molecule has 0 spiro atoms. The number of carbonyl (C=O) groups excluding carboxylic acids is 2. The second kappa shape index (κ2) is 9.77. The molecule has 3 rings (SSSR count). The van der Waals surface area contributed by atoms with E-state index in [1.54, 1.807) is 36.4 Å². The summed E-state index contributed by atoms with van der Waals surface area (Å²) in [7, 11) is 1.32. The Morgan fingerprint density at radius 1 is 1.14 bits per heavy atom. The molecule has 1 amide bonds. The minimum Gasteiger partial charge on any atom is -0.465 e. The Bertz CT molecular complexity index is 806. The number of hydrogen-bond donors (Lipinski definition) is 2. The molecule has 1 aliphatic heterocycles. The third kappa shape index (κ3) is 5.24. The highest BCUT2D eigenvalue weighted by atomic mass is 16.5. The number of esters is 1. The van der Waals surface area contributed by atoms with Gasteiger partial charge in [0.25, 0.3) is 5.91 Å². The lowest BCUT2D eigenvalue weighted by Crippen LogP contribution is -2.41. The van der Waals surface area contributed by atoms with E-state index in [-0.39, 0.29) is 11.6 Å². The van der Waals surface area contributed by atoms with Gasteiger partial charge in [-0.15, -0.1) is 10.2 Å². The Morgan fingerprint density at radius 3 is 2.64 bits per heavy atom. The van der Waals surface area contributed by atoms with Crippen molar-refractivity contribution in [2.24, 2.45) is 0 Å². The van der Waals surface area contributed by atoms with Gasteiger partial charge in [-0.2, -0.15) is 0 Å². The van der Waals surface area contributed by atoms with Crippen molar-refractivity contribution in [3.05, 3.63) is 47.7 Å². The lowest BCUT2D eigenvalue weighted by Gasteiger charge is -2.26. The van der Waals surface area contributed by atoms with Crippen LogP contribution in [0.3, 0.4) is 0 Å². The average molecular weight is 385 g/mol. The molecular weight excluding hydrogens is 362 g/mol. The lowest BCUT2D eigenvalue weighted by molar-refractivity contribution is 0.0383. The number of ether oxygens (including phenoxy) is 2. The highest BCUT2D eigenvalue weighted by molar-refractivity contribution is 5.96. The number of morpholine rings is 1. The van der Waals surface area contributed by atoms with Gasteiger partial charge in [0.05, 0.1) is 31.6 Å². The van der Waals surface area contributed by atoms with Crippen molar-refractivity contribution < 1.29 is 19.1 Å². The second-order valence-electron chi connectivity index (χ2n) is 6.18. The number of nitrogens with zero attached hydrogens (tertiary/aromatic N) is 3. The van der Waals surface area contributed by atoms with Crippen LogP contribution in [0.25, 0.3) is 0 Å². The first-order chi connectivity index (χ1) is 13.7. The Kier molecular flexibility index (Phi) is 6.88. The molecule has 2 heterocycles. The van der Waals surface area contributed by atoms with E-state index >= 15 is 0 Å². The minimum atomic E-state index is -0.452. The van der Waals surface area contributed by atoms with Gasteiger partial charge in [0.2, 0.25) is 0 Å². The van der Waals surface area contributed by atoms with Gasteiger partial charge in [-0.1, -0.05) is 12.1 Å². The van der Waals surface area contributed by atoms with E-state index in [9.17, 15) is 9.59 Å². The van der Waals surface area contributed by atoms with Crippen LogP contribution in [-0.2, 0) is 9.47 Å². The summed E-state index contributed by atoms with van der Waals surface area (Å²) in [6.07, 6.45) is 0. The van der Waals surface area contributed by atoms with Crippen molar-refractivity contribution in [1.29, 1.82) is 0 Å². The van der Waals surface area contributed by atoms with Gasteiger partial charge in [-0.25, -0.2) is 4.79 Å². The summed E-state index contributed by atoms with van der Waals surface area (Å²) in [5, 5.41) is 13.8. The van der Waals surface area contributed by atoms with Gasteiger partial charge in [-0.05, 0) is 24.3 Å². The molecule has 2 N–H and O–H groups in total. The van der Waals surface area contributed by atoms with Gasteiger partial charge in [0.1, 0.15) is 0 Å². The minimum absolute atomic E-state index is 0.230. The van der Waals surface area contributed by atoms with E-state index in [1.807, 2.05) is 0 Å². The first kappa shape index (κ1) is 19.7. The van der Waals surface area contributed by atoms with Crippen LogP contribution in [0.15, 0.2) is 36.4 Å². The van der Waals surface area contributed by atoms with Crippen molar-refractivity contribution in [3.63, 3.8) is 0 Å². The van der Waals surface area contributed by atoms with Gasteiger partial charge < -0.3 is 20.1 Å². The number of aromatic nitrogens is 2. The van der Waals surface area contributed by atoms with Crippen LogP contribution < -0.4 is 10.6 Å². The molecule has 0 saturated carbocycles. The topological polar surface area (TPSA) is 106 Å². The molecule has 1 fully saturated rings. The molecule has 2 aromatic rings. The van der Waals surface area contributed by atoms with E-state index in [0.29, 0.717) is 23.6 Å². The fraction of sp³-hybridized carbons (Fsp3) is 0.368. The van der Waals surface area contributed by atoms with Gasteiger partial charge in [0.15, 0.2) is 11.5 Å². The summed E-state index contributed by atoms with van der Waals surface area (Å²) in [4.78, 5) is 26.3. The van der Waals surface area contributed by atoms with Crippen LogP contribution in [0, 0.1) is 0 Å². The summed E-state index contributed by atoms with van der Waals surface area (Å²) in [6, 6.07) is 10.1. The number of hydrogen-bond acceptors (Lipinski definition) is 8. The van der Waals surface area contributed by atoms with E-state index in [2.05, 4.69) is 25.7 Å². The van der Waals surface area contributed by atoms with Crippen molar-refractivity contribution >= 4 is 23.4 Å². The van der Waals surface area contributed by atoms with E-state index in [0.717, 1.165) is 32.8 Å². The monoisotopic (exact) mass is 385 g/mol. The molecule has 1 aromatic heterocycles. The van der Waals surface area contributed by atoms with Crippen molar-refractivity contribution in [2.45, 2.75) is 0 Å². The van der Waals surface area contributed by atoms with Crippen LogP contribution in [-0.4, -0.2) is 73.5 Å². The largest absolute Gasteiger partial charge is 0.465 e. The van der Waals surface area contributed by atoms with Crippen LogP contribution in [0.2, 0.25) is 0 Å². The molecule has 0 atom stereocenters. The third-order valence-corrected chi connectivity index (χ3v) is 4.31. The van der Waals surface area contributed by atoms with Crippen molar-refractivity contribution in [3.8, 4) is 0 Å². The van der Waals surface area contributed by atoms with Crippen molar-refractivity contribution in [2.75, 3.05) is 51.8 Å². The molecule has 9 heteroatoms. The smallest absolute Gasteiger partial charge is 0.339 e. The number of nitrogens with one attached hydrogen (secondary N) is 2. The molecule has 148 valence electrons. The number of methoxy groups -OCH3 is 1. The number of benzene rings is 1. The molecule has 1 saturated heterocycles. The first-order valence-corrected chi connectivity index (χ1v) is 9.04. The Labute approximate surface area is 163 Å². The van der Waals surface area contributed by atoms with E-state index < -0.39 is 5.97 Å². The number of carbonyl (C=O) groups is 2. The maximum Gasteiger partial charge on any atom is 0.339 e. The van der Waals surface area contributed by atoms with Gasteiger partial charge in [-0.3, -0.25) is 9.69 Å². The van der Waals surface area contributed by atoms with Crippen LogP contribution in [0.4, 0.5) is 11.5 Å². The standard InChI is InChI=1S/C19H23N5O4/c1-27-19(26)14-4-2-3-5-15(14)21-17-7-6-16(22-23-17)18(25)20-8-9-24-10-12-28-13-11-24/h2-7H,8-13H2,1H3,(H,20,25)(H,21,23). The normalized spacial score (nSPS) is 14.3. The predicted octanol–water partition coefficient (Wildman–Crippen LogP) is 1.07. The Hall–Kier alpha value is -3.04. The summed E-state index contributed by atoms with van der Waals surface area (Å²) >= 11 is 0. The second-order valence-corrected chi connectivity index (χ2v) is 6.18. The van der Waals surface area contributed by atoms with Crippen LogP contribution >= 0.6 is 0 Å². The summed E-state index contributed by atoms with van der Waals surface area (Å²) in [5.41, 5.74) is 1.16. The molecule has 1 aromatic carbocycles. The molecule has 0 aliphatic carbocycles. The van der Waals surface area contributed by atoms with Gasteiger partial charge >= 0.3 is 5.97 Å². The maximum absolute atomic E-state index is 12.2. The van der Waals surface area contributed by atoms with Gasteiger partial charge in [0, 0.05) is 26.2 Å². The number of para-hydroxylation sites is 1. The predicted molar refractivity (Wildman–Crippen MR) is 103 cm³/mol. The molecular formula is C19H23N5O4. The zero-order chi connectivity index (χ0) is 19.8. The van der Waals surface area contributed by atoms with Crippen LogP contribution in [0.1, 0.15) is 20.8 Å². The summed E-state index contributed by atoms with van der Waals surface area (Å²) < 4.78 is 10.1. The summed E-state index contributed by atoms with van der Waals surface area (Å²) in [5.74, 6) is -0.309. The average Bonchev–Trinajstić information content (AvgIpc) is 2.75. The van der Waals surface area contributed by atoms with Crippen LogP contribution in [0.5, 0.6) is 0 Å². The van der Waals surface area contributed by atoms with E-state index in [1.165, 1.54) is 7.11 Å². The number of anilines is 2. The fourth-order valence-corrected chi connectivity index (χ4v) is 2.78. The first-order valence-electron chi connectivity index (χ1n) is 9.04. The maximum atomic E-state index is 12.2. The zero-order valence-electron chi connectivity index (χ0n) is 15.7. The highest BCUT2D eigenvalue weighted by Gasteiger charge is 2.14. The lowest BCUT2D eigenvalue weighted by atomic mass is 10.2. The van der Waals surface area contributed by atoms with E-state index in [4.69, 9.17) is 9.47 Å². The SMILES string of the molecule is COC(=O)c1ccccc1Nc1ccc(C(=O)NCCN2CCOCC2)nn1. The molecule has 28 heavy (non-hydrogen) atoms. The molecule has 9 nitrogen and oxygen atoms in total. The van der Waals surface area contributed by atoms with Crippen molar-refractivity contribution in [1.82, 2.24) is 20.4 Å². The molecule has 1 aliphatic rings. The number of amides is 1. The molecule has 0 radical (unpaired) electrons. The number of rotatable bonds is 7. The Balaban J connectivity index is 1.54. The highest BCUT2D eigenvalue weighted by Crippen LogP contribution is 2.20. The molecule has 0 unspecified atom stereocenters. The Morgan fingerprint density at radius 2 is 1.93 bits per heavy atom.